The third-order valence-corrected chi connectivity index (χ3v) is 1.61. The molecule has 0 radical (unpaired) electrons. The molecule has 15 heavy (non-hydrogen) atoms. The maximum absolute atomic E-state index is 11.4. The van der Waals surface area contributed by atoms with Crippen LogP contribution in [-0.2, 0) is 4.79 Å². The van der Waals surface area contributed by atoms with Gasteiger partial charge in [0, 0.05) is 24.0 Å². The van der Waals surface area contributed by atoms with Gasteiger partial charge in [0.2, 0.25) is 5.91 Å². The molecule has 1 aromatic heterocycles. The van der Waals surface area contributed by atoms with Gasteiger partial charge in [-0.15, -0.1) is 0 Å². The van der Waals surface area contributed by atoms with Gasteiger partial charge in [0.1, 0.15) is 0 Å². The fraction of sp³-hybridized carbons (Fsp3) is 0.333. The van der Waals surface area contributed by atoms with Crippen molar-refractivity contribution in [3.63, 3.8) is 0 Å². The second kappa shape index (κ2) is 4.73. The van der Waals surface area contributed by atoms with E-state index in [-0.39, 0.29) is 11.4 Å². The molecule has 1 heterocycles. The summed E-state index contributed by atoms with van der Waals surface area (Å²) >= 11 is 0. The largest absolute Gasteiger partial charge is 0.348 e. The highest BCUT2D eigenvalue weighted by Crippen LogP contribution is 2.01. The van der Waals surface area contributed by atoms with Crippen molar-refractivity contribution in [1.82, 2.24) is 10.3 Å². The van der Waals surface area contributed by atoms with E-state index in [0.717, 1.165) is 5.56 Å². The molecule has 80 valence electrons. The molecule has 1 amide bonds. The van der Waals surface area contributed by atoms with Crippen LogP contribution in [0.5, 0.6) is 0 Å². The molecule has 0 bridgehead atoms. The topological polar surface area (TPSA) is 42.0 Å². The van der Waals surface area contributed by atoms with Crippen LogP contribution in [0.25, 0.3) is 6.08 Å². The molecule has 0 saturated heterocycles. The van der Waals surface area contributed by atoms with Crippen molar-refractivity contribution in [2.45, 2.75) is 26.3 Å². The molecule has 0 aromatic carbocycles. The van der Waals surface area contributed by atoms with Crippen LogP contribution in [0.2, 0.25) is 0 Å². The average Bonchev–Trinajstić information content (AvgIpc) is 2.14. The number of aromatic nitrogens is 1. The van der Waals surface area contributed by atoms with Crippen molar-refractivity contribution < 1.29 is 4.79 Å². The molecule has 1 aromatic rings. The molecular weight excluding hydrogens is 188 g/mol. The second-order valence-corrected chi connectivity index (χ2v) is 4.36. The first-order valence-electron chi connectivity index (χ1n) is 4.88. The van der Waals surface area contributed by atoms with E-state index < -0.39 is 0 Å². The zero-order chi connectivity index (χ0) is 11.3. The van der Waals surface area contributed by atoms with Crippen LogP contribution in [0.4, 0.5) is 0 Å². The van der Waals surface area contributed by atoms with Gasteiger partial charge in [-0.3, -0.25) is 9.78 Å². The molecular formula is C12H16N2O. The van der Waals surface area contributed by atoms with E-state index in [2.05, 4.69) is 10.3 Å². The van der Waals surface area contributed by atoms with E-state index >= 15 is 0 Å². The highest BCUT2D eigenvalue weighted by atomic mass is 16.1. The van der Waals surface area contributed by atoms with Crippen molar-refractivity contribution >= 4 is 12.0 Å². The Labute approximate surface area is 90.2 Å². The number of rotatable bonds is 2. The van der Waals surface area contributed by atoms with Crippen molar-refractivity contribution in [3.8, 4) is 0 Å². The Bertz CT molecular complexity index is 350. The monoisotopic (exact) mass is 204 g/mol. The number of amides is 1. The molecule has 3 heteroatoms. The minimum atomic E-state index is -0.198. The van der Waals surface area contributed by atoms with Crippen LogP contribution < -0.4 is 5.32 Å². The first kappa shape index (κ1) is 11.4. The van der Waals surface area contributed by atoms with Crippen molar-refractivity contribution in [3.05, 3.63) is 36.2 Å². The summed E-state index contributed by atoms with van der Waals surface area (Å²) in [6.45, 7) is 5.84. The SMILES string of the molecule is CC(C)(C)NC(=O)C=Cc1cccnc1. The van der Waals surface area contributed by atoms with E-state index in [1.165, 1.54) is 6.08 Å². The summed E-state index contributed by atoms with van der Waals surface area (Å²) in [5.74, 6) is -0.0913. The molecule has 0 aliphatic rings. The molecule has 0 atom stereocenters. The second-order valence-electron chi connectivity index (χ2n) is 4.36. The number of hydrogen-bond acceptors (Lipinski definition) is 2. The Morgan fingerprint density at radius 1 is 1.47 bits per heavy atom. The van der Waals surface area contributed by atoms with E-state index in [4.69, 9.17) is 0 Å². The quantitative estimate of drug-likeness (QED) is 0.749. The number of carbonyl (C=O) groups excluding carboxylic acids is 1. The van der Waals surface area contributed by atoms with Crippen molar-refractivity contribution in [2.75, 3.05) is 0 Å². The number of nitrogens with one attached hydrogen (secondary N) is 1. The lowest BCUT2D eigenvalue weighted by Crippen LogP contribution is -2.39. The van der Waals surface area contributed by atoms with Crippen LogP contribution in [-0.4, -0.2) is 16.4 Å². The molecule has 0 saturated carbocycles. The number of carbonyl (C=O) groups is 1. The van der Waals surface area contributed by atoms with Gasteiger partial charge < -0.3 is 5.32 Å². The summed E-state index contributed by atoms with van der Waals surface area (Å²) in [6, 6.07) is 3.73. The third-order valence-electron chi connectivity index (χ3n) is 1.61. The van der Waals surface area contributed by atoms with Crippen LogP contribution >= 0.6 is 0 Å². The summed E-state index contributed by atoms with van der Waals surface area (Å²) in [7, 11) is 0. The van der Waals surface area contributed by atoms with E-state index in [0.29, 0.717) is 0 Å². The van der Waals surface area contributed by atoms with E-state index in [1.807, 2.05) is 32.9 Å². The Balaban J connectivity index is 2.56. The summed E-state index contributed by atoms with van der Waals surface area (Å²) in [5.41, 5.74) is 0.720. The summed E-state index contributed by atoms with van der Waals surface area (Å²) in [5, 5.41) is 2.84. The van der Waals surface area contributed by atoms with Gasteiger partial charge >= 0.3 is 0 Å². The molecule has 0 unspecified atom stereocenters. The van der Waals surface area contributed by atoms with Crippen molar-refractivity contribution in [2.24, 2.45) is 0 Å². The lowest BCUT2D eigenvalue weighted by atomic mass is 10.1. The van der Waals surface area contributed by atoms with Gasteiger partial charge in [-0.1, -0.05) is 6.07 Å². The lowest BCUT2D eigenvalue weighted by molar-refractivity contribution is -0.117. The fourth-order valence-corrected chi connectivity index (χ4v) is 1.06. The van der Waals surface area contributed by atoms with Crippen LogP contribution in [0.3, 0.4) is 0 Å². The van der Waals surface area contributed by atoms with Crippen LogP contribution in [0.1, 0.15) is 26.3 Å². The van der Waals surface area contributed by atoms with Gasteiger partial charge in [0.25, 0.3) is 0 Å². The minimum absolute atomic E-state index is 0.0913. The maximum Gasteiger partial charge on any atom is 0.244 e. The van der Waals surface area contributed by atoms with Crippen molar-refractivity contribution in [1.29, 1.82) is 0 Å². The number of hydrogen-bond donors (Lipinski definition) is 1. The predicted molar refractivity (Wildman–Crippen MR) is 61.2 cm³/mol. The van der Waals surface area contributed by atoms with Crippen LogP contribution in [0, 0.1) is 0 Å². The molecule has 0 fully saturated rings. The van der Waals surface area contributed by atoms with Gasteiger partial charge in [-0.2, -0.15) is 0 Å². The molecule has 0 aliphatic carbocycles. The summed E-state index contributed by atoms with van der Waals surface area (Å²) in [4.78, 5) is 15.4. The lowest BCUT2D eigenvalue weighted by Gasteiger charge is -2.18. The van der Waals surface area contributed by atoms with Gasteiger partial charge in [0.05, 0.1) is 0 Å². The van der Waals surface area contributed by atoms with Crippen LogP contribution in [0.15, 0.2) is 30.6 Å². The molecule has 0 aliphatic heterocycles. The van der Waals surface area contributed by atoms with Gasteiger partial charge in [-0.25, -0.2) is 0 Å². The Hall–Kier alpha value is -1.64. The number of nitrogens with zero attached hydrogens (tertiary/aromatic N) is 1. The Morgan fingerprint density at radius 2 is 2.20 bits per heavy atom. The summed E-state index contributed by atoms with van der Waals surface area (Å²) in [6.07, 6.45) is 6.67. The number of pyridine rings is 1. The van der Waals surface area contributed by atoms with Gasteiger partial charge in [0.15, 0.2) is 0 Å². The maximum atomic E-state index is 11.4. The third kappa shape index (κ3) is 4.96. The highest BCUT2D eigenvalue weighted by molar-refractivity contribution is 5.92. The Kier molecular flexibility index (Phi) is 3.61. The van der Waals surface area contributed by atoms with E-state index in [9.17, 15) is 4.79 Å². The van der Waals surface area contributed by atoms with E-state index in [1.54, 1.807) is 18.5 Å². The smallest absolute Gasteiger partial charge is 0.244 e. The minimum Gasteiger partial charge on any atom is -0.348 e. The predicted octanol–water partition coefficient (Wildman–Crippen LogP) is 2.01. The molecule has 0 spiro atoms. The zero-order valence-electron chi connectivity index (χ0n) is 9.32. The fourth-order valence-electron chi connectivity index (χ4n) is 1.06. The highest BCUT2D eigenvalue weighted by Gasteiger charge is 2.10. The molecule has 1 N–H and O–H groups in total. The standard InChI is InChI=1S/C12H16N2O/c1-12(2,3)14-11(15)7-6-10-5-4-8-13-9-10/h4-9H,1-3H3,(H,14,15). The normalized spacial score (nSPS) is 11.7. The molecule has 1 rings (SSSR count). The molecule has 3 nitrogen and oxygen atoms in total. The first-order chi connectivity index (χ1) is 6.97. The first-order valence-corrected chi connectivity index (χ1v) is 4.88. The summed E-state index contributed by atoms with van der Waals surface area (Å²) < 4.78 is 0. The van der Waals surface area contributed by atoms with Gasteiger partial charge in [-0.05, 0) is 38.5 Å². The Morgan fingerprint density at radius 3 is 2.73 bits per heavy atom. The zero-order valence-corrected chi connectivity index (χ0v) is 9.32. The average molecular weight is 204 g/mol.